The number of carbonyl (C=O) groups excluding carboxylic acids is 1. The van der Waals surface area contributed by atoms with Crippen molar-refractivity contribution < 1.29 is 13.2 Å². The van der Waals surface area contributed by atoms with Crippen LogP contribution in [-0.4, -0.2) is 36.1 Å². The molecule has 0 aliphatic carbocycles. The average Bonchev–Trinajstić information content (AvgIpc) is 3.26. The van der Waals surface area contributed by atoms with E-state index in [1.54, 1.807) is 42.6 Å². The Balaban J connectivity index is 1.53. The predicted octanol–water partition coefficient (Wildman–Crippen LogP) is 4.17. The summed E-state index contributed by atoms with van der Waals surface area (Å²) in [6, 6.07) is 23.3. The van der Waals surface area contributed by atoms with E-state index in [1.165, 1.54) is 15.8 Å². The third-order valence-electron chi connectivity index (χ3n) is 4.83. The maximum Gasteiger partial charge on any atom is 0.243 e. The molecule has 0 unspecified atom stereocenters. The van der Waals surface area contributed by atoms with E-state index in [-0.39, 0.29) is 18.0 Å². The third-order valence-corrected chi connectivity index (χ3v) is 7.47. The van der Waals surface area contributed by atoms with E-state index in [1.807, 2.05) is 42.5 Å². The molecule has 1 aromatic heterocycles. The topological polar surface area (TPSA) is 79.4 Å². The fourth-order valence-corrected chi connectivity index (χ4v) is 5.28. The molecular formula is C23H21N3O3S2. The minimum Gasteiger partial charge on any atom is -0.325 e. The Morgan fingerprint density at radius 2 is 1.68 bits per heavy atom. The number of benzene rings is 3. The van der Waals surface area contributed by atoms with Crippen LogP contribution in [0.2, 0.25) is 0 Å². The Labute approximate surface area is 185 Å². The molecule has 4 aromatic rings. The summed E-state index contributed by atoms with van der Waals surface area (Å²) < 4.78 is 32.8. The van der Waals surface area contributed by atoms with Gasteiger partial charge in [0.1, 0.15) is 0 Å². The number of carbonyl (C=O) groups is 1. The van der Waals surface area contributed by atoms with Gasteiger partial charge in [0.15, 0.2) is 0 Å². The van der Waals surface area contributed by atoms with Crippen LogP contribution in [0.4, 0.5) is 5.69 Å². The van der Waals surface area contributed by atoms with Crippen molar-refractivity contribution in [3.8, 4) is 0 Å². The second kappa shape index (κ2) is 9.38. The van der Waals surface area contributed by atoms with Crippen molar-refractivity contribution in [2.24, 2.45) is 0 Å². The van der Waals surface area contributed by atoms with E-state index in [9.17, 15) is 13.2 Å². The number of fused-ring (bicyclic) bond motifs is 1. The van der Waals surface area contributed by atoms with E-state index in [4.69, 9.17) is 0 Å². The van der Waals surface area contributed by atoms with Gasteiger partial charge in [0.25, 0.3) is 0 Å². The normalized spacial score (nSPS) is 11.6. The van der Waals surface area contributed by atoms with Gasteiger partial charge in [-0.1, -0.05) is 48.5 Å². The highest BCUT2D eigenvalue weighted by Crippen LogP contribution is 2.22. The van der Waals surface area contributed by atoms with E-state index in [0.29, 0.717) is 12.1 Å². The lowest BCUT2D eigenvalue weighted by atomic mass is 10.1. The molecule has 31 heavy (non-hydrogen) atoms. The minimum absolute atomic E-state index is 0.168. The first-order valence-electron chi connectivity index (χ1n) is 9.76. The number of amides is 1. The Kier molecular flexibility index (Phi) is 6.41. The second-order valence-electron chi connectivity index (χ2n) is 7.01. The fraction of sp³-hybridized carbons (Fsp3) is 0.130. The van der Waals surface area contributed by atoms with Crippen LogP contribution in [0.15, 0.2) is 90.0 Å². The van der Waals surface area contributed by atoms with Gasteiger partial charge in [-0.25, -0.2) is 8.42 Å². The number of aromatic nitrogens is 1. The smallest absolute Gasteiger partial charge is 0.243 e. The lowest BCUT2D eigenvalue weighted by Gasteiger charge is -2.22. The van der Waals surface area contributed by atoms with Crippen molar-refractivity contribution in [2.75, 3.05) is 18.4 Å². The van der Waals surface area contributed by atoms with E-state index in [2.05, 4.69) is 9.69 Å². The molecule has 0 atom stereocenters. The van der Waals surface area contributed by atoms with Crippen molar-refractivity contribution in [1.29, 1.82) is 0 Å². The zero-order valence-electron chi connectivity index (χ0n) is 16.6. The van der Waals surface area contributed by atoms with Gasteiger partial charge >= 0.3 is 0 Å². The molecule has 1 heterocycles. The minimum atomic E-state index is -3.82. The van der Waals surface area contributed by atoms with Gasteiger partial charge in [-0.05, 0) is 53.8 Å². The zero-order valence-corrected chi connectivity index (χ0v) is 18.3. The summed E-state index contributed by atoms with van der Waals surface area (Å²) in [4.78, 5) is 12.9. The number of sulfonamides is 1. The van der Waals surface area contributed by atoms with Crippen molar-refractivity contribution >= 4 is 43.2 Å². The molecule has 4 rings (SSSR count). The second-order valence-corrected chi connectivity index (χ2v) is 9.78. The summed E-state index contributed by atoms with van der Waals surface area (Å²) in [7, 11) is -3.82. The van der Waals surface area contributed by atoms with E-state index < -0.39 is 15.9 Å². The predicted molar refractivity (Wildman–Crippen MR) is 124 cm³/mol. The maximum atomic E-state index is 13.2. The van der Waals surface area contributed by atoms with Gasteiger partial charge in [0.2, 0.25) is 15.9 Å². The summed E-state index contributed by atoms with van der Waals surface area (Å²) in [6.45, 7) is -0.0773. The van der Waals surface area contributed by atoms with Crippen LogP contribution in [0, 0.1) is 0 Å². The van der Waals surface area contributed by atoms with Gasteiger partial charge in [0, 0.05) is 23.8 Å². The van der Waals surface area contributed by atoms with Gasteiger partial charge in [-0.3, -0.25) is 4.79 Å². The van der Waals surface area contributed by atoms with Gasteiger partial charge < -0.3 is 5.32 Å². The van der Waals surface area contributed by atoms with Gasteiger partial charge in [0.05, 0.1) is 16.1 Å². The highest BCUT2D eigenvalue weighted by molar-refractivity contribution is 7.89. The molecule has 0 saturated carbocycles. The molecule has 1 N–H and O–H groups in total. The number of hydrogen-bond donors (Lipinski definition) is 1. The number of nitrogens with one attached hydrogen (secondary N) is 1. The summed E-state index contributed by atoms with van der Waals surface area (Å²) in [5.41, 5.74) is 1.62. The van der Waals surface area contributed by atoms with Gasteiger partial charge in [-0.2, -0.15) is 8.68 Å². The van der Waals surface area contributed by atoms with Crippen molar-refractivity contribution in [3.63, 3.8) is 0 Å². The quantitative estimate of drug-likeness (QED) is 0.436. The number of hydrogen-bond acceptors (Lipinski definition) is 5. The monoisotopic (exact) mass is 451 g/mol. The van der Waals surface area contributed by atoms with Crippen LogP contribution in [0.5, 0.6) is 0 Å². The summed E-state index contributed by atoms with van der Waals surface area (Å²) in [5.74, 6) is -0.393. The van der Waals surface area contributed by atoms with Crippen LogP contribution in [0.1, 0.15) is 5.56 Å². The van der Waals surface area contributed by atoms with Crippen LogP contribution < -0.4 is 5.32 Å². The molecule has 0 spiro atoms. The molecule has 0 fully saturated rings. The van der Waals surface area contributed by atoms with Crippen molar-refractivity contribution in [1.82, 2.24) is 8.68 Å². The molecule has 0 aliphatic heterocycles. The SMILES string of the molecule is O=C(CN(CCc1ccccc1)S(=O)(=O)c1ccccc1)Nc1ccc2sncc2c1. The first kappa shape index (κ1) is 21.2. The number of nitrogens with zero attached hydrogens (tertiary/aromatic N) is 2. The molecule has 0 bridgehead atoms. The average molecular weight is 452 g/mol. The molecule has 0 aliphatic rings. The highest BCUT2D eigenvalue weighted by atomic mass is 32.2. The van der Waals surface area contributed by atoms with E-state index >= 15 is 0 Å². The molecule has 1 amide bonds. The lowest BCUT2D eigenvalue weighted by molar-refractivity contribution is -0.116. The Morgan fingerprint density at radius 1 is 0.968 bits per heavy atom. The molecule has 3 aromatic carbocycles. The first-order chi connectivity index (χ1) is 15.0. The third kappa shape index (κ3) is 5.16. The van der Waals surface area contributed by atoms with Gasteiger partial charge in [-0.15, -0.1) is 0 Å². The Hall–Kier alpha value is -3.07. The van der Waals surface area contributed by atoms with Crippen LogP contribution >= 0.6 is 11.5 Å². The molecule has 158 valence electrons. The first-order valence-corrected chi connectivity index (χ1v) is 12.0. The van der Waals surface area contributed by atoms with Crippen molar-refractivity contribution in [2.45, 2.75) is 11.3 Å². The van der Waals surface area contributed by atoms with Crippen molar-refractivity contribution in [3.05, 3.63) is 90.6 Å². The molecule has 8 heteroatoms. The number of anilines is 1. The van der Waals surface area contributed by atoms with E-state index in [0.717, 1.165) is 15.6 Å². The standard InChI is InChI=1S/C23H21N3O3S2/c27-23(25-20-11-12-22-19(15-20)16-24-30-22)17-26(14-13-18-7-3-1-4-8-18)31(28,29)21-9-5-2-6-10-21/h1-12,15-16H,13-14,17H2,(H,25,27). The van der Waals surface area contributed by atoms with Crippen LogP contribution in [-0.2, 0) is 21.2 Å². The summed E-state index contributed by atoms with van der Waals surface area (Å²) in [5, 5.41) is 3.74. The molecule has 0 saturated heterocycles. The summed E-state index contributed by atoms with van der Waals surface area (Å²) >= 11 is 1.38. The molecule has 0 radical (unpaired) electrons. The largest absolute Gasteiger partial charge is 0.325 e. The maximum absolute atomic E-state index is 13.2. The van der Waals surface area contributed by atoms with Crippen LogP contribution in [0.3, 0.4) is 0 Å². The van der Waals surface area contributed by atoms with Crippen LogP contribution in [0.25, 0.3) is 10.1 Å². The number of rotatable bonds is 8. The zero-order chi connectivity index (χ0) is 21.7. The Morgan fingerprint density at radius 3 is 2.42 bits per heavy atom. The summed E-state index contributed by atoms with van der Waals surface area (Å²) in [6.07, 6.45) is 2.24. The lowest BCUT2D eigenvalue weighted by Crippen LogP contribution is -2.39. The molecular weight excluding hydrogens is 430 g/mol. The fourth-order valence-electron chi connectivity index (χ4n) is 3.24. The molecule has 6 nitrogen and oxygen atoms in total. The Bertz CT molecular complexity index is 1270. The highest BCUT2D eigenvalue weighted by Gasteiger charge is 2.26.